The van der Waals surface area contributed by atoms with Crippen molar-refractivity contribution in [2.24, 2.45) is 5.73 Å². The number of hydrogen-bond donors (Lipinski definition) is 1. The Labute approximate surface area is 142 Å². The van der Waals surface area contributed by atoms with Gasteiger partial charge in [-0.1, -0.05) is 42.0 Å². The van der Waals surface area contributed by atoms with Crippen LogP contribution in [-0.4, -0.2) is 18.4 Å². The van der Waals surface area contributed by atoms with Crippen molar-refractivity contribution in [3.8, 4) is 0 Å². The molecule has 0 saturated carbocycles. The van der Waals surface area contributed by atoms with Crippen molar-refractivity contribution in [3.63, 3.8) is 0 Å². The highest BCUT2D eigenvalue weighted by Crippen LogP contribution is 2.36. The summed E-state index contributed by atoms with van der Waals surface area (Å²) in [6.07, 6.45) is 1.12. The van der Waals surface area contributed by atoms with Crippen LogP contribution in [0.1, 0.15) is 34.6 Å². The maximum absolute atomic E-state index is 12.7. The van der Waals surface area contributed by atoms with E-state index < -0.39 is 5.92 Å². The highest BCUT2D eigenvalue weighted by Gasteiger charge is 2.34. The van der Waals surface area contributed by atoms with Crippen LogP contribution in [0.3, 0.4) is 0 Å². The lowest BCUT2D eigenvalue weighted by molar-refractivity contribution is -0.119. The minimum absolute atomic E-state index is 0.0335. The number of amides is 2. The highest BCUT2D eigenvalue weighted by atomic mass is 16.2. The number of benzene rings is 2. The molecule has 1 heterocycles. The topological polar surface area (TPSA) is 63.4 Å². The van der Waals surface area contributed by atoms with E-state index in [4.69, 9.17) is 5.73 Å². The van der Waals surface area contributed by atoms with E-state index in [1.54, 1.807) is 4.90 Å². The number of anilines is 1. The first-order valence-corrected chi connectivity index (χ1v) is 8.22. The quantitative estimate of drug-likeness (QED) is 0.941. The van der Waals surface area contributed by atoms with Crippen LogP contribution in [-0.2, 0) is 16.0 Å². The summed E-state index contributed by atoms with van der Waals surface area (Å²) < 4.78 is 0. The molecule has 0 bridgehead atoms. The Hall–Kier alpha value is -2.62. The Morgan fingerprint density at radius 1 is 1.17 bits per heavy atom. The Balaban J connectivity index is 1.75. The lowest BCUT2D eigenvalue weighted by Crippen LogP contribution is -2.33. The van der Waals surface area contributed by atoms with Crippen LogP contribution in [0.2, 0.25) is 0 Å². The van der Waals surface area contributed by atoms with E-state index in [-0.39, 0.29) is 11.8 Å². The molecule has 4 heteroatoms. The van der Waals surface area contributed by atoms with E-state index in [0.717, 1.165) is 11.3 Å². The van der Waals surface area contributed by atoms with Crippen LogP contribution in [0.15, 0.2) is 42.5 Å². The standard InChI is InChI=1S/C20H22N2O2/c1-13-7-8-15(14(2)11-13)9-10-19(23)22-12-17(20(21)24)16-5-3-4-6-18(16)22/h3-8,11,17H,9-10,12H2,1-2H3,(H2,21,24)/t17-/m1/s1. The molecule has 2 aromatic carbocycles. The number of carbonyl (C=O) groups excluding carboxylic acids is 2. The third kappa shape index (κ3) is 3.04. The van der Waals surface area contributed by atoms with E-state index in [0.29, 0.717) is 19.4 Å². The SMILES string of the molecule is Cc1ccc(CCC(=O)N2C[C@@H](C(N)=O)c3ccccc32)c(C)c1. The van der Waals surface area contributed by atoms with Crippen molar-refractivity contribution in [1.82, 2.24) is 0 Å². The van der Waals surface area contributed by atoms with Gasteiger partial charge in [-0.3, -0.25) is 9.59 Å². The molecule has 2 amide bonds. The molecule has 1 atom stereocenters. The normalized spacial score (nSPS) is 16.1. The molecule has 0 spiro atoms. The summed E-state index contributed by atoms with van der Waals surface area (Å²) in [6.45, 7) is 4.48. The van der Waals surface area contributed by atoms with Crippen LogP contribution in [0.5, 0.6) is 0 Å². The summed E-state index contributed by atoms with van der Waals surface area (Å²) in [5.41, 5.74) is 10.8. The largest absolute Gasteiger partial charge is 0.369 e. The molecular weight excluding hydrogens is 300 g/mol. The summed E-state index contributed by atoms with van der Waals surface area (Å²) in [5.74, 6) is -0.760. The van der Waals surface area contributed by atoms with E-state index >= 15 is 0 Å². The van der Waals surface area contributed by atoms with Crippen LogP contribution in [0, 0.1) is 13.8 Å². The molecule has 24 heavy (non-hydrogen) atoms. The van der Waals surface area contributed by atoms with Gasteiger partial charge in [-0.05, 0) is 43.0 Å². The van der Waals surface area contributed by atoms with Gasteiger partial charge in [0.1, 0.15) is 0 Å². The maximum atomic E-state index is 12.7. The van der Waals surface area contributed by atoms with E-state index in [1.165, 1.54) is 16.7 Å². The maximum Gasteiger partial charge on any atom is 0.227 e. The molecular formula is C20H22N2O2. The molecule has 2 aromatic rings. The fraction of sp³-hybridized carbons (Fsp3) is 0.300. The van der Waals surface area contributed by atoms with Crippen LogP contribution >= 0.6 is 0 Å². The number of carbonyl (C=O) groups is 2. The number of hydrogen-bond acceptors (Lipinski definition) is 2. The lowest BCUT2D eigenvalue weighted by Gasteiger charge is -2.18. The summed E-state index contributed by atoms with van der Waals surface area (Å²) in [7, 11) is 0. The van der Waals surface area contributed by atoms with Gasteiger partial charge in [0.05, 0.1) is 5.92 Å². The molecule has 2 N–H and O–H groups in total. The molecule has 0 aromatic heterocycles. The zero-order chi connectivity index (χ0) is 17.3. The fourth-order valence-electron chi connectivity index (χ4n) is 3.39. The van der Waals surface area contributed by atoms with Gasteiger partial charge in [-0.15, -0.1) is 0 Å². The Morgan fingerprint density at radius 3 is 2.62 bits per heavy atom. The minimum atomic E-state index is -0.411. The molecule has 0 aliphatic carbocycles. The summed E-state index contributed by atoms with van der Waals surface area (Å²) in [4.78, 5) is 26.1. The number of aryl methyl sites for hydroxylation is 3. The molecule has 3 rings (SSSR count). The average molecular weight is 322 g/mol. The second kappa shape index (κ2) is 6.48. The first-order chi connectivity index (χ1) is 11.5. The van der Waals surface area contributed by atoms with Gasteiger partial charge in [-0.2, -0.15) is 0 Å². The number of rotatable bonds is 4. The summed E-state index contributed by atoms with van der Waals surface area (Å²) in [5, 5.41) is 0. The van der Waals surface area contributed by atoms with Crippen molar-refractivity contribution >= 4 is 17.5 Å². The molecule has 1 aliphatic heterocycles. The second-order valence-corrected chi connectivity index (χ2v) is 6.45. The first-order valence-electron chi connectivity index (χ1n) is 8.22. The fourth-order valence-corrected chi connectivity index (χ4v) is 3.39. The summed E-state index contributed by atoms with van der Waals surface area (Å²) >= 11 is 0. The molecule has 1 aliphatic rings. The van der Waals surface area contributed by atoms with E-state index in [2.05, 4.69) is 32.0 Å². The van der Waals surface area contributed by atoms with Crippen molar-refractivity contribution < 1.29 is 9.59 Å². The Morgan fingerprint density at radius 2 is 1.92 bits per heavy atom. The van der Waals surface area contributed by atoms with Crippen molar-refractivity contribution in [2.45, 2.75) is 32.6 Å². The first kappa shape index (κ1) is 16.2. The van der Waals surface area contributed by atoms with Gasteiger partial charge in [0.2, 0.25) is 11.8 Å². The van der Waals surface area contributed by atoms with E-state index in [1.807, 2.05) is 24.3 Å². The van der Waals surface area contributed by atoms with Crippen LogP contribution in [0.25, 0.3) is 0 Å². The smallest absolute Gasteiger partial charge is 0.227 e. The van der Waals surface area contributed by atoms with Gasteiger partial charge >= 0.3 is 0 Å². The number of nitrogens with two attached hydrogens (primary N) is 1. The van der Waals surface area contributed by atoms with Crippen molar-refractivity contribution in [1.29, 1.82) is 0 Å². The summed E-state index contributed by atoms with van der Waals surface area (Å²) in [6, 6.07) is 13.8. The zero-order valence-corrected chi connectivity index (χ0v) is 14.1. The Bertz CT molecular complexity index is 798. The number of para-hydroxylation sites is 1. The molecule has 0 saturated heterocycles. The number of primary amides is 1. The monoisotopic (exact) mass is 322 g/mol. The third-order valence-electron chi connectivity index (χ3n) is 4.72. The van der Waals surface area contributed by atoms with Gasteiger partial charge in [0.25, 0.3) is 0 Å². The van der Waals surface area contributed by atoms with Crippen LogP contribution < -0.4 is 10.6 Å². The lowest BCUT2D eigenvalue weighted by atomic mass is 10.0. The zero-order valence-electron chi connectivity index (χ0n) is 14.1. The predicted molar refractivity (Wildman–Crippen MR) is 95.0 cm³/mol. The second-order valence-electron chi connectivity index (χ2n) is 6.45. The number of nitrogens with zero attached hydrogens (tertiary/aromatic N) is 1. The van der Waals surface area contributed by atoms with Gasteiger partial charge in [0.15, 0.2) is 0 Å². The van der Waals surface area contributed by atoms with Crippen LogP contribution in [0.4, 0.5) is 5.69 Å². The van der Waals surface area contributed by atoms with E-state index in [9.17, 15) is 9.59 Å². The molecule has 0 fully saturated rings. The minimum Gasteiger partial charge on any atom is -0.369 e. The average Bonchev–Trinajstić information content (AvgIpc) is 2.94. The highest BCUT2D eigenvalue weighted by molar-refractivity contribution is 5.99. The van der Waals surface area contributed by atoms with Crippen molar-refractivity contribution in [3.05, 3.63) is 64.7 Å². The van der Waals surface area contributed by atoms with Gasteiger partial charge in [0, 0.05) is 18.7 Å². The molecule has 0 unspecified atom stereocenters. The van der Waals surface area contributed by atoms with Crippen molar-refractivity contribution in [2.75, 3.05) is 11.4 Å². The molecule has 0 radical (unpaired) electrons. The van der Waals surface area contributed by atoms with Gasteiger partial charge < -0.3 is 10.6 Å². The molecule has 4 nitrogen and oxygen atoms in total. The van der Waals surface area contributed by atoms with Gasteiger partial charge in [-0.25, -0.2) is 0 Å². The Kier molecular flexibility index (Phi) is 4.38. The number of fused-ring (bicyclic) bond motifs is 1. The predicted octanol–water partition coefficient (Wildman–Crippen LogP) is 2.85. The third-order valence-corrected chi connectivity index (χ3v) is 4.72. The molecule has 124 valence electrons.